The number of nitrogens with zero attached hydrogens (tertiary/aromatic N) is 6. The zero-order valence-corrected chi connectivity index (χ0v) is 20.1. The Balaban J connectivity index is 1.21. The molecular weight excluding hydrogens is 476 g/mol. The van der Waals surface area contributed by atoms with Crippen LogP contribution < -0.4 is 0 Å². The van der Waals surface area contributed by atoms with Crippen LogP contribution >= 0.6 is 34.9 Å². The largest absolute Gasteiger partial charge is 0.419 e. The average molecular weight is 495 g/mol. The molecule has 0 amide bonds. The third kappa shape index (κ3) is 5.15. The molecule has 3 heterocycles. The summed E-state index contributed by atoms with van der Waals surface area (Å²) in [7, 11) is 0. The lowest BCUT2D eigenvalue weighted by Crippen LogP contribution is -1.88. The van der Waals surface area contributed by atoms with Gasteiger partial charge in [-0.2, -0.15) is 0 Å². The Morgan fingerprint density at radius 1 is 0.606 bits per heavy atom. The Labute approximate surface area is 202 Å². The summed E-state index contributed by atoms with van der Waals surface area (Å²) in [5.74, 6) is 2.12. The maximum absolute atomic E-state index is 5.85. The maximum Gasteiger partial charge on any atom is 0.247 e. The van der Waals surface area contributed by atoms with Crippen molar-refractivity contribution in [2.45, 2.75) is 33.0 Å². The highest BCUT2D eigenvalue weighted by Gasteiger charge is 2.21. The van der Waals surface area contributed by atoms with E-state index in [0.717, 1.165) is 19.8 Å². The van der Waals surface area contributed by atoms with E-state index in [0.29, 0.717) is 23.6 Å². The molecule has 0 saturated carbocycles. The van der Waals surface area contributed by atoms with E-state index in [-0.39, 0.29) is 10.5 Å². The fourth-order valence-corrected chi connectivity index (χ4v) is 6.26. The van der Waals surface area contributed by atoms with Crippen molar-refractivity contribution < 1.29 is 8.83 Å². The minimum Gasteiger partial charge on any atom is -0.419 e. The van der Waals surface area contributed by atoms with E-state index < -0.39 is 0 Å². The lowest BCUT2D eigenvalue weighted by molar-refractivity contribution is 0.509. The summed E-state index contributed by atoms with van der Waals surface area (Å²) >= 11 is 4.58. The van der Waals surface area contributed by atoms with Crippen molar-refractivity contribution in [3.8, 4) is 22.9 Å². The van der Waals surface area contributed by atoms with E-state index in [1.165, 1.54) is 34.9 Å². The van der Waals surface area contributed by atoms with Gasteiger partial charge in [-0.15, -0.1) is 30.6 Å². The van der Waals surface area contributed by atoms with E-state index in [4.69, 9.17) is 8.83 Å². The van der Waals surface area contributed by atoms with Gasteiger partial charge in [0, 0.05) is 11.1 Å². The Kier molecular flexibility index (Phi) is 6.51. The highest BCUT2D eigenvalue weighted by Crippen LogP contribution is 2.41. The van der Waals surface area contributed by atoms with Gasteiger partial charge in [0.1, 0.15) is 0 Å². The fourth-order valence-electron chi connectivity index (χ4n) is 2.89. The first-order valence-electron chi connectivity index (χ1n) is 10.1. The summed E-state index contributed by atoms with van der Waals surface area (Å²) in [4.78, 5) is 0. The van der Waals surface area contributed by atoms with Crippen molar-refractivity contribution >= 4 is 34.9 Å². The first kappa shape index (κ1) is 21.8. The predicted molar refractivity (Wildman–Crippen MR) is 128 cm³/mol. The SMILES string of the molecule is CC(Sc1nnc(SC(C)c2nnc(-c3ccccc3)o2)s1)c1nnc(-c2ccccc2)o1. The zero-order valence-electron chi connectivity index (χ0n) is 17.7. The normalized spacial score (nSPS) is 13.2. The lowest BCUT2D eigenvalue weighted by Gasteiger charge is -2.03. The van der Waals surface area contributed by atoms with Gasteiger partial charge in [-0.25, -0.2) is 0 Å². The maximum atomic E-state index is 5.85. The molecule has 8 nitrogen and oxygen atoms in total. The predicted octanol–water partition coefficient (Wildman–Crippen LogP) is 6.34. The van der Waals surface area contributed by atoms with Crippen molar-refractivity contribution in [2.75, 3.05) is 0 Å². The topological polar surface area (TPSA) is 104 Å². The second kappa shape index (κ2) is 9.86. The zero-order chi connectivity index (χ0) is 22.6. The molecule has 0 fully saturated rings. The first-order valence-corrected chi connectivity index (χ1v) is 12.7. The van der Waals surface area contributed by atoms with Crippen LogP contribution in [0.25, 0.3) is 22.9 Å². The molecule has 0 spiro atoms. The average Bonchev–Trinajstić information content (AvgIpc) is 3.61. The molecule has 0 saturated heterocycles. The molecule has 3 aromatic heterocycles. The molecule has 0 N–H and O–H groups in total. The molecule has 2 aromatic carbocycles. The Bertz CT molecular complexity index is 1220. The molecule has 33 heavy (non-hydrogen) atoms. The third-order valence-electron chi connectivity index (χ3n) is 4.56. The molecule has 2 atom stereocenters. The van der Waals surface area contributed by atoms with Crippen LogP contribution in [0, 0.1) is 0 Å². The van der Waals surface area contributed by atoms with Gasteiger partial charge in [0.2, 0.25) is 23.6 Å². The van der Waals surface area contributed by atoms with Crippen LogP contribution in [0.15, 0.2) is 78.2 Å². The van der Waals surface area contributed by atoms with Crippen molar-refractivity contribution in [2.24, 2.45) is 0 Å². The van der Waals surface area contributed by atoms with Gasteiger partial charge in [0.05, 0.1) is 10.5 Å². The van der Waals surface area contributed by atoms with E-state index in [1.54, 1.807) is 0 Å². The van der Waals surface area contributed by atoms with E-state index in [9.17, 15) is 0 Å². The van der Waals surface area contributed by atoms with Crippen LogP contribution in [-0.4, -0.2) is 30.6 Å². The van der Waals surface area contributed by atoms with E-state index in [2.05, 4.69) is 30.6 Å². The van der Waals surface area contributed by atoms with Crippen LogP contribution in [-0.2, 0) is 0 Å². The molecule has 0 bridgehead atoms. The van der Waals surface area contributed by atoms with E-state index >= 15 is 0 Å². The summed E-state index contributed by atoms with van der Waals surface area (Å²) < 4.78 is 13.4. The number of thioether (sulfide) groups is 2. The quantitative estimate of drug-likeness (QED) is 0.227. The van der Waals surface area contributed by atoms with Gasteiger partial charge >= 0.3 is 0 Å². The summed E-state index contributed by atoms with van der Waals surface area (Å²) in [6, 6.07) is 19.4. The molecule has 0 aliphatic carbocycles. The molecule has 5 rings (SSSR count). The van der Waals surface area contributed by atoms with Crippen molar-refractivity contribution in [3.63, 3.8) is 0 Å². The summed E-state index contributed by atoms with van der Waals surface area (Å²) in [5.41, 5.74) is 1.79. The smallest absolute Gasteiger partial charge is 0.247 e. The van der Waals surface area contributed by atoms with Crippen molar-refractivity contribution in [1.82, 2.24) is 30.6 Å². The molecule has 0 aliphatic rings. The number of rotatable bonds is 8. The molecule has 2 unspecified atom stereocenters. The van der Waals surface area contributed by atoms with Gasteiger partial charge in [0.15, 0.2) is 8.68 Å². The Hall–Kier alpha value is -3.02. The minimum atomic E-state index is -0.0532. The lowest BCUT2D eigenvalue weighted by atomic mass is 10.2. The third-order valence-corrected chi connectivity index (χ3v) is 7.83. The summed E-state index contributed by atoms with van der Waals surface area (Å²) in [6.45, 7) is 4.01. The second-order valence-electron chi connectivity index (χ2n) is 6.98. The van der Waals surface area contributed by atoms with Crippen molar-refractivity contribution in [3.05, 3.63) is 72.4 Å². The number of hydrogen-bond donors (Lipinski definition) is 0. The molecule has 0 radical (unpaired) electrons. The first-order chi connectivity index (χ1) is 16.2. The number of benzene rings is 2. The van der Waals surface area contributed by atoms with Crippen LogP contribution in [0.2, 0.25) is 0 Å². The minimum absolute atomic E-state index is 0.0532. The summed E-state index contributed by atoms with van der Waals surface area (Å²) in [5, 5.41) is 25.2. The highest BCUT2D eigenvalue weighted by atomic mass is 32.2. The molecule has 0 aliphatic heterocycles. The molecular formula is C22H18N6O2S3. The summed E-state index contributed by atoms with van der Waals surface area (Å²) in [6.07, 6.45) is 0. The van der Waals surface area contributed by atoms with Gasteiger partial charge in [-0.3, -0.25) is 0 Å². The molecule has 166 valence electrons. The van der Waals surface area contributed by atoms with Gasteiger partial charge < -0.3 is 8.83 Å². The van der Waals surface area contributed by atoms with Crippen molar-refractivity contribution in [1.29, 1.82) is 0 Å². The standard InChI is InChI=1S/C22H18N6O2S3/c1-13(17-23-25-19(29-17)15-9-5-3-6-10-15)31-21-27-28-22(33-21)32-14(2)18-24-26-20(30-18)16-11-7-4-8-12-16/h3-14H,1-2H3. The van der Waals surface area contributed by atoms with Crippen LogP contribution in [0.3, 0.4) is 0 Å². The fraction of sp³-hybridized carbons (Fsp3) is 0.182. The second-order valence-corrected chi connectivity index (χ2v) is 11.1. The number of aromatic nitrogens is 6. The number of hydrogen-bond acceptors (Lipinski definition) is 11. The molecule has 5 aromatic rings. The molecule has 11 heteroatoms. The van der Waals surface area contributed by atoms with Gasteiger partial charge in [-0.1, -0.05) is 71.3 Å². The Morgan fingerprint density at radius 2 is 1.03 bits per heavy atom. The van der Waals surface area contributed by atoms with Crippen LogP contribution in [0.4, 0.5) is 0 Å². The highest BCUT2D eigenvalue weighted by molar-refractivity contribution is 8.03. The van der Waals surface area contributed by atoms with Gasteiger partial charge in [-0.05, 0) is 38.1 Å². The van der Waals surface area contributed by atoms with E-state index in [1.807, 2.05) is 74.5 Å². The Morgan fingerprint density at radius 3 is 1.45 bits per heavy atom. The monoisotopic (exact) mass is 494 g/mol. The van der Waals surface area contributed by atoms with Crippen LogP contribution in [0.1, 0.15) is 36.1 Å². The van der Waals surface area contributed by atoms with Crippen LogP contribution in [0.5, 0.6) is 0 Å². The van der Waals surface area contributed by atoms with Gasteiger partial charge in [0.25, 0.3) is 0 Å².